The van der Waals surface area contributed by atoms with Crippen LogP contribution in [0, 0.1) is 11.5 Å². The van der Waals surface area contributed by atoms with Crippen molar-refractivity contribution in [2.24, 2.45) is 4.99 Å². The molecule has 2 aromatic carbocycles. The minimum atomic E-state index is 0.576. The number of methoxy groups -OCH3 is 1. The van der Waals surface area contributed by atoms with Gasteiger partial charge >= 0.3 is 0 Å². The number of nitrogens with one attached hydrogen (secondary N) is 1. The van der Waals surface area contributed by atoms with Crippen molar-refractivity contribution in [3.8, 4) is 23.1 Å². The summed E-state index contributed by atoms with van der Waals surface area (Å²) in [6.07, 6.45) is 3.74. The molecule has 0 aliphatic rings. The van der Waals surface area contributed by atoms with Crippen molar-refractivity contribution in [3.63, 3.8) is 0 Å². The molecule has 1 N–H and O–H groups in total. The zero-order valence-electron chi connectivity index (χ0n) is 11.8. The molecule has 0 bridgehead atoms. The van der Waals surface area contributed by atoms with E-state index in [9.17, 15) is 0 Å². The fourth-order valence-corrected chi connectivity index (χ4v) is 2.17. The molecular formula is C16H15N3OS. The number of nitriles is 1. The van der Waals surface area contributed by atoms with Gasteiger partial charge in [-0.15, -0.1) is 0 Å². The zero-order chi connectivity index (χ0) is 15.1. The molecular weight excluding hydrogens is 282 g/mol. The van der Waals surface area contributed by atoms with Crippen LogP contribution < -0.4 is 10.1 Å². The quantitative estimate of drug-likeness (QED) is 0.405. The SMILES string of the molecule is COc1cccc(-c2ccc(N=C(NC#N)SC)cc2)c1. The van der Waals surface area contributed by atoms with E-state index in [-0.39, 0.29) is 0 Å². The highest BCUT2D eigenvalue weighted by Crippen LogP contribution is 2.26. The lowest BCUT2D eigenvalue weighted by Gasteiger charge is -2.05. The molecule has 4 nitrogen and oxygen atoms in total. The lowest BCUT2D eigenvalue weighted by molar-refractivity contribution is 0.415. The third kappa shape index (κ3) is 4.01. The van der Waals surface area contributed by atoms with Gasteiger partial charge in [0.15, 0.2) is 11.4 Å². The van der Waals surface area contributed by atoms with E-state index in [4.69, 9.17) is 10.00 Å². The maximum Gasteiger partial charge on any atom is 0.183 e. The Morgan fingerprint density at radius 1 is 1.19 bits per heavy atom. The Bertz CT molecular complexity index is 675. The minimum absolute atomic E-state index is 0.576. The third-order valence-electron chi connectivity index (χ3n) is 2.86. The van der Waals surface area contributed by atoms with E-state index in [1.807, 2.05) is 61.0 Å². The Kier molecular flexibility index (Phi) is 5.24. The number of nitrogens with zero attached hydrogens (tertiary/aromatic N) is 2. The van der Waals surface area contributed by atoms with Crippen LogP contribution >= 0.6 is 11.8 Å². The first kappa shape index (κ1) is 14.9. The van der Waals surface area contributed by atoms with Crippen molar-refractivity contribution in [1.29, 1.82) is 5.26 Å². The second-order valence-electron chi connectivity index (χ2n) is 4.14. The predicted octanol–water partition coefficient (Wildman–Crippen LogP) is 3.78. The Labute approximate surface area is 128 Å². The summed E-state index contributed by atoms with van der Waals surface area (Å²) in [6.45, 7) is 0. The molecule has 21 heavy (non-hydrogen) atoms. The summed E-state index contributed by atoms with van der Waals surface area (Å²) in [5.74, 6) is 0.831. The molecule has 2 rings (SSSR count). The summed E-state index contributed by atoms with van der Waals surface area (Å²) < 4.78 is 5.23. The van der Waals surface area contributed by atoms with Crippen LogP contribution in [0.1, 0.15) is 0 Å². The normalized spacial score (nSPS) is 10.8. The summed E-state index contributed by atoms with van der Waals surface area (Å²) in [5.41, 5.74) is 2.98. The molecule has 0 saturated carbocycles. The van der Waals surface area contributed by atoms with E-state index < -0.39 is 0 Å². The summed E-state index contributed by atoms with van der Waals surface area (Å²) in [7, 11) is 1.66. The number of hydrogen-bond donors (Lipinski definition) is 1. The first-order valence-corrected chi connectivity index (χ1v) is 7.51. The van der Waals surface area contributed by atoms with Gasteiger partial charge < -0.3 is 4.74 Å². The van der Waals surface area contributed by atoms with Crippen molar-refractivity contribution in [2.45, 2.75) is 0 Å². The van der Waals surface area contributed by atoms with Crippen LogP contribution in [-0.2, 0) is 0 Å². The number of benzene rings is 2. The van der Waals surface area contributed by atoms with E-state index in [1.54, 1.807) is 7.11 Å². The van der Waals surface area contributed by atoms with E-state index in [0.29, 0.717) is 5.17 Å². The van der Waals surface area contributed by atoms with Gasteiger partial charge in [0.05, 0.1) is 12.8 Å². The molecule has 0 amide bonds. The molecule has 0 unspecified atom stereocenters. The molecule has 0 spiro atoms. The van der Waals surface area contributed by atoms with Crippen LogP contribution in [-0.4, -0.2) is 18.5 Å². The number of hydrogen-bond acceptors (Lipinski definition) is 4. The molecule has 0 aliphatic heterocycles. The second-order valence-corrected chi connectivity index (χ2v) is 4.93. The lowest BCUT2D eigenvalue weighted by atomic mass is 10.1. The number of aliphatic imine (C=N–C) groups is 1. The molecule has 106 valence electrons. The van der Waals surface area contributed by atoms with Gasteiger partial charge in [0.25, 0.3) is 0 Å². The molecule has 0 aromatic heterocycles. The largest absolute Gasteiger partial charge is 0.497 e. The van der Waals surface area contributed by atoms with Crippen molar-refractivity contribution in [2.75, 3.05) is 13.4 Å². The van der Waals surface area contributed by atoms with Crippen LogP contribution in [0.25, 0.3) is 11.1 Å². The first-order valence-electron chi connectivity index (χ1n) is 6.29. The van der Waals surface area contributed by atoms with Crippen molar-refractivity contribution >= 4 is 22.6 Å². The Morgan fingerprint density at radius 2 is 1.95 bits per heavy atom. The summed E-state index contributed by atoms with van der Waals surface area (Å²) in [6, 6.07) is 15.7. The van der Waals surface area contributed by atoms with Crippen LogP contribution in [0.15, 0.2) is 53.5 Å². The molecule has 0 atom stereocenters. The fourth-order valence-electron chi connectivity index (χ4n) is 1.82. The van der Waals surface area contributed by atoms with Crippen molar-refractivity contribution in [1.82, 2.24) is 5.32 Å². The van der Waals surface area contributed by atoms with Crippen LogP contribution in [0.2, 0.25) is 0 Å². The maximum absolute atomic E-state index is 8.62. The number of ether oxygens (including phenoxy) is 1. The Morgan fingerprint density at radius 3 is 2.57 bits per heavy atom. The average molecular weight is 297 g/mol. The molecule has 0 heterocycles. The number of amidine groups is 1. The van der Waals surface area contributed by atoms with Gasteiger partial charge in [0, 0.05) is 0 Å². The average Bonchev–Trinajstić information content (AvgIpc) is 2.55. The van der Waals surface area contributed by atoms with Gasteiger partial charge in [0.1, 0.15) is 5.75 Å². The third-order valence-corrected chi connectivity index (χ3v) is 3.44. The predicted molar refractivity (Wildman–Crippen MR) is 87.8 cm³/mol. The van der Waals surface area contributed by atoms with Gasteiger partial charge in [0.2, 0.25) is 0 Å². The monoisotopic (exact) mass is 297 g/mol. The van der Waals surface area contributed by atoms with E-state index in [0.717, 1.165) is 22.6 Å². The van der Waals surface area contributed by atoms with Gasteiger partial charge in [-0.05, 0) is 41.6 Å². The van der Waals surface area contributed by atoms with Crippen LogP contribution in [0.3, 0.4) is 0 Å². The van der Waals surface area contributed by atoms with Crippen LogP contribution in [0.5, 0.6) is 5.75 Å². The maximum atomic E-state index is 8.62. The highest BCUT2D eigenvalue weighted by atomic mass is 32.2. The molecule has 5 heteroatoms. The fraction of sp³-hybridized carbons (Fsp3) is 0.125. The summed E-state index contributed by atoms with van der Waals surface area (Å²) in [4.78, 5) is 4.36. The van der Waals surface area contributed by atoms with E-state index >= 15 is 0 Å². The van der Waals surface area contributed by atoms with Gasteiger partial charge in [-0.2, -0.15) is 5.26 Å². The lowest BCUT2D eigenvalue weighted by Crippen LogP contribution is -2.12. The molecule has 0 aliphatic carbocycles. The van der Waals surface area contributed by atoms with Gasteiger partial charge in [-0.1, -0.05) is 36.0 Å². The number of thioether (sulfide) groups is 1. The van der Waals surface area contributed by atoms with E-state index in [2.05, 4.69) is 10.3 Å². The standard InChI is InChI=1S/C16H15N3OS/c1-20-15-5-3-4-13(10-15)12-6-8-14(9-7-12)19-16(21-2)18-11-17/h3-10H,1-2H3,(H,18,19). The summed E-state index contributed by atoms with van der Waals surface area (Å²) >= 11 is 1.39. The second kappa shape index (κ2) is 7.36. The first-order chi connectivity index (χ1) is 10.3. The Balaban J connectivity index is 2.24. The Hall–Kier alpha value is -2.45. The molecule has 0 saturated heterocycles. The van der Waals surface area contributed by atoms with Crippen LogP contribution in [0.4, 0.5) is 5.69 Å². The van der Waals surface area contributed by atoms with Crippen molar-refractivity contribution < 1.29 is 4.74 Å². The minimum Gasteiger partial charge on any atom is -0.497 e. The molecule has 0 fully saturated rings. The van der Waals surface area contributed by atoms with E-state index in [1.165, 1.54) is 11.8 Å². The highest BCUT2D eigenvalue weighted by Gasteiger charge is 2.01. The van der Waals surface area contributed by atoms with Gasteiger partial charge in [-0.3, -0.25) is 5.32 Å². The number of rotatable bonds is 3. The topological polar surface area (TPSA) is 57.4 Å². The highest BCUT2D eigenvalue weighted by molar-refractivity contribution is 8.13. The molecule has 0 radical (unpaired) electrons. The zero-order valence-corrected chi connectivity index (χ0v) is 12.6. The smallest absolute Gasteiger partial charge is 0.183 e. The molecule has 2 aromatic rings. The summed E-state index contributed by atoms with van der Waals surface area (Å²) in [5, 5.41) is 11.7. The van der Waals surface area contributed by atoms with Gasteiger partial charge in [-0.25, -0.2) is 4.99 Å². The van der Waals surface area contributed by atoms with Crippen molar-refractivity contribution in [3.05, 3.63) is 48.5 Å².